The van der Waals surface area contributed by atoms with E-state index in [9.17, 15) is 9.18 Å². The first-order valence-electron chi connectivity index (χ1n) is 12.4. The second-order valence-electron chi connectivity index (χ2n) is 10.6. The van der Waals surface area contributed by atoms with Crippen LogP contribution in [0.1, 0.15) is 83.5 Å². The molecule has 0 spiro atoms. The number of carbonyl (C=O) groups is 1. The molecule has 166 valence electrons. The number of rotatable bonds is 4. The van der Waals surface area contributed by atoms with E-state index < -0.39 is 12.1 Å². The van der Waals surface area contributed by atoms with Gasteiger partial charge in [-0.2, -0.15) is 5.26 Å². The Morgan fingerprint density at radius 2 is 1.50 bits per heavy atom. The highest BCUT2D eigenvalue weighted by Gasteiger charge is 2.40. The third-order valence-electron chi connectivity index (χ3n) is 8.97. The molecule has 0 saturated heterocycles. The maximum absolute atomic E-state index is 14.0. The molecule has 4 aliphatic rings. The summed E-state index contributed by atoms with van der Waals surface area (Å²) in [6.07, 6.45) is 14.3. The van der Waals surface area contributed by atoms with E-state index in [4.69, 9.17) is 10.00 Å². The monoisotopic (exact) mass is 415 g/mol. The minimum Gasteiger partial charge on any atom is -0.462 e. The van der Waals surface area contributed by atoms with E-state index in [0.29, 0.717) is 12.8 Å². The number of halogens is 1. The number of hydrogen-bond acceptors (Lipinski definition) is 3. The molecule has 30 heavy (non-hydrogen) atoms. The van der Waals surface area contributed by atoms with E-state index in [-0.39, 0.29) is 24.4 Å². The van der Waals surface area contributed by atoms with Crippen LogP contribution in [-0.4, -0.2) is 18.2 Å². The first-order valence-corrected chi connectivity index (χ1v) is 12.4. The highest BCUT2D eigenvalue weighted by molar-refractivity contribution is 5.72. The fraction of sp³-hybridized carbons (Fsp3) is 0.846. The Balaban J connectivity index is 1.20. The molecule has 0 heterocycles. The van der Waals surface area contributed by atoms with Crippen LogP contribution in [0.4, 0.5) is 4.39 Å². The lowest BCUT2D eigenvalue weighted by Crippen LogP contribution is -2.36. The number of esters is 1. The Morgan fingerprint density at radius 3 is 2.17 bits per heavy atom. The largest absolute Gasteiger partial charge is 0.462 e. The number of allylic oxidation sites excluding steroid dienone is 1. The first-order chi connectivity index (χ1) is 14.6. The van der Waals surface area contributed by atoms with E-state index in [2.05, 4.69) is 12.7 Å². The number of nitriles is 1. The van der Waals surface area contributed by atoms with Gasteiger partial charge in [-0.3, -0.25) is 4.79 Å². The van der Waals surface area contributed by atoms with Crippen molar-refractivity contribution in [1.29, 1.82) is 5.26 Å². The lowest BCUT2D eigenvalue weighted by molar-refractivity contribution is -0.158. The average molecular weight is 416 g/mol. The molecule has 0 aliphatic heterocycles. The van der Waals surface area contributed by atoms with Gasteiger partial charge in [-0.1, -0.05) is 6.08 Å². The molecular formula is C26H38FNO2. The van der Waals surface area contributed by atoms with Crippen LogP contribution in [0.15, 0.2) is 12.7 Å². The lowest BCUT2D eigenvalue weighted by atomic mass is 9.61. The summed E-state index contributed by atoms with van der Waals surface area (Å²) < 4.78 is 19.7. The summed E-state index contributed by atoms with van der Waals surface area (Å²) >= 11 is 0. The van der Waals surface area contributed by atoms with Crippen molar-refractivity contribution in [3.8, 4) is 6.07 Å². The Bertz CT molecular complexity index is 650. The van der Waals surface area contributed by atoms with Crippen LogP contribution in [0.2, 0.25) is 0 Å². The normalized spacial score (nSPS) is 44.3. The Hall–Kier alpha value is -1.37. The van der Waals surface area contributed by atoms with Gasteiger partial charge >= 0.3 is 5.97 Å². The molecule has 7 unspecified atom stereocenters. The van der Waals surface area contributed by atoms with E-state index in [1.165, 1.54) is 38.5 Å². The van der Waals surface area contributed by atoms with E-state index in [1.807, 2.05) is 6.07 Å². The van der Waals surface area contributed by atoms with Crippen molar-refractivity contribution in [2.24, 2.45) is 41.4 Å². The molecular weight excluding hydrogens is 377 g/mol. The van der Waals surface area contributed by atoms with Gasteiger partial charge in [-0.15, -0.1) is 6.58 Å². The molecule has 0 aromatic heterocycles. The van der Waals surface area contributed by atoms with Gasteiger partial charge in [0, 0.05) is 6.42 Å². The van der Waals surface area contributed by atoms with Gasteiger partial charge in [0.15, 0.2) is 0 Å². The molecule has 4 fully saturated rings. The highest BCUT2D eigenvalue weighted by Crippen LogP contribution is 2.49. The van der Waals surface area contributed by atoms with Crippen molar-refractivity contribution < 1.29 is 13.9 Å². The van der Waals surface area contributed by atoms with E-state index in [0.717, 1.165) is 55.3 Å². The van der Waals surface area contributed by atoms with Crippen LogP contribution in [0.25, 0.3) is 0 Å². The Morgan fingerprint density at radius 1 is 0.867 bits per heavy atom. The summed E-state index contributed by atoms with van der Waals surface area (Å²) in [6.45, 7) is 4.01. The van der Waals surface area contributed by atoms with Gasteiger partial charge in [0.05, 0.1) is 17.9 Å². The lowest BCUT2D eigenvalue weighted by Gasteiger charge is -2.45. The molecule has 0 radical (unpaired) electrons. The summed E-state index contributed by atoms with van der Waals surface area (Å²) in [5, 5.41) is 8.95. The van der Waals surface area contributed by atoms with Gasteiger partial charge in [0.2, 0.25) is 0 Å². The third kappa shape index (κ3) is 4.92. The molecule has 3 nitrogen and oxygen atoms in total. The minimum atomic E-state index is -1.16. The standard InChI is InChI=1S/C26H38FNO2/c1-2-17-3-4-22-14-21(10-9-20(22)13-17)18-5-7-19(8-6-18)26(29)30-24-12-11-23(16-28)25(27)15-24/h2,17-25H,1,3-15H2. The van der Waals surface area contributed by atoms with Gasteiger partial charge in [0.1, 0.15) is 12.3 Å². The van der Waals surface area contributed by atoms with Gasteiger partial charge in [0.25, 0.3) is 0 Å². The minimum absolute atomic E-state index is 0.00706. The van der Waals surface area contributed by atoms with Crippen LogP contribution in [-0.2, 0) is 9.53 Å². The summed E-state index contributed by atoms with van der Waals surface area (Å²) in [5.41, 5.74) is 0. The molecule has 4 aliphatic carbocycles. The summed E-state index contributed by atoms with van der Waals surface area (Å²) in [4.78, 5) is 12.6. The number of carbonyl (C=O) groups excluding carboxylic acids is 1. The molecule has 0 amide bonds. The molecule has 0 bridgehead atoms. The Labute approximate surface area is 181 Å². The van der Waals surface area contributed by atoms with Crippen LogP contribution in [0.3, 0.4) is 0 Å². The zero-order valence-corrected chi connectivity index (χ0v) is 18.3. The molecule has 0 N–H and O–H groups in total. The fourth-order valence-electron chi connectivity index (χ4n) is 7.02. The zero-order valence-electron chi connectivity index (χ0n) is 18.3. The zero-order chi connectivity index (χ0) is 21.1. The number of alkyl halides is 1. The SMILES string of the molecule is C=CC1CCC2CC(C3CCC(C(=O)OC4CCC(C#N)C(F)C4)CC3)CCC2C1. The van der Waals surface area contributed by atoms with Crippen LogP contribution >= 0.6 is 0 Å². The van der Waals surface area contributed by atoms with Gasteiger partial charge in [-0.05, 0) is 107 Å². The second-order valence-corrected chi connectivity index (χ2v) is 10.6. The van der Waals surface area contributed by atoms with Crippen molar-refractivity contribution in [3.63, 3.8) is 0 Å². The maximum atomic E-state index is 14.0. The molecule has 7 atom stereocenters. The van der Waals surface area contributed by atoms with Crippen molar-refractivity contribution in [1.82, 2.24) is 0 Å². The number of ether oxygens (including phenoxy) is 1. The second kappa shape index (κ2) is 9.84. The average Bonchev–Trinajstić information content (AvgIpc) is 2.78. The van der Waals surface area contributed by atoms with Crippen molar-refractivity contribution in [3.05, 3.63) is 12.7 Å². The van der Waals surface area contributed by atoms with Crippen LogP contribution in [0, 0.1) is 52.8 Å². The van der Waals surface area contributed by atoms with E-state index in [1.54, 1.807) is 0 Å². The molecule has 4 saturated carbocycles. The number of fused-ring (bicyclic) bond motifs is 1. The van der Waals surface area contributed by atoms with Crippen LogP contribution in [0.5, 0.6) is 0 Å². The van der Waals surface area contributed by atoms with Crippen molar-refractivity contribution in [2.75, 3.05) is 0 Å². The maximum Gasteiger partial charge on any atom is 0.309 e. The molecule has 4 heteroatoms. The number of hydrogen-bond donors (Lipinski definition) is 0. The molecule has 0 aromatic rings. The molecule has 4 rings (SSSR count). The quantitative estimate of drug-likeness (QED) is 0.395. The predicted molar refractivity (Wildman–Crippen MR) is 115 cm³/mol. The Kier molecular flexibility index (Phi) is 7.16. The fourth-order valence-corrected chi connectivity index (χ4v) is 7.02. The topological polar surface area (TPSA) is 50.1 Å². The smallest absolute Gasteiger partial charge is 0.309 e. The van der Waals surface area contributed by atoms with Gasteiger partial charge < -0.3 is 4.74 Å². The van der Waals surface area contributed by atoms with E-state index >= 15 is 0 Å². The predicted octanol–water partition coefficient (Wildman–Crippen LogP) is 6.38. The number of nitrogens with zero attached hydrogens (tertiary/aromatic N) is 1. The van der Waals surface area contributed by atoms with Crippen molar-refractivity contribution in [2.45, 2.75) is 95.7 Å². The highest BCUT2D eigenvalue weighted by atomic mass is 19.1. The summed E-state index contributed by atoms with van der Waals surface area (Å²) in [7, 11) is 0. The van der Waals surface area contributed by atoms with Gasteiger partial charge in [-0.25, -0.2) is 4.39 Å². The molecule has 0 aromatic carbocycles. The third-order valence-corrected chi connectivity index (χ3v) is 8.97. The summed E-state index contributed by atoms with van der Waals surface area (Å²) in [5.74, 6) is 3.54. The van der Waals surface area contributed by atoms with Crippen molar-refractivity contribution >= 4 is 5.97 Å². The van der Waals surface area contributed by atoms with Crippen LogP contribution < -0.4 is 0 Å². The first kappa shape index (κ1) is 21.8. The summed E-state index contributed by atoms with van der Waals surface area (Å²) in [6, 6.07) is 2.03.